The smallest absolute Gasteiger partial charge is 0.264 e. The van der Waals surface area contributed by atoms with Crippen molar-refractivity contribution < 1.29 is 22.8 Å². The highest BCUT2D eigenvalue weighted by Gasteiger charge is 2.40. The van der Waals surface area contributed by atoms with Crippen LogP contribution in [-0.2, 0) is 16.0 Å². The lowest BCUT2D eigenvalue weighted by atomic mass is 9.91. The zero-order chi connectivity index (χ0) is 25.8. The molecule has 1 aliphatic heterocycles. The lowest BCUT2D eigenvalue weighted by Crippen LogP contribution is -2.47. The second kappa shape index (κ2) is 10.9. The van der Waals surface area contributed by atoms with E-state index in [0.29, 0.717) is 22.4 Å². The lowest BCUT2D eigenvalue weighted by molar-refractivity contribution is -0.138. The zero-order valence-electron chi connectivity index (χ0n) is 20.0. The first kappa shape index (κ1) is 25.4. The average molecular weight is 500 g/mol. The number of likely N-dealkylation sites (tertiary alicyclic amines) is 1. The number of hydrogen-bond donors (Lipinski definition) is 2. The Kier molecular flexibility index (Phi) is 7.71. The van der Waals surface area contributed by atoms with Crippen molar-refractivity contribution in [2.24, 2.45) is 0 Å². The van der Waals surface area contributed by atoms with Crippen LogP contribution in [-0.4, -0.2) is 50.9 Å². The molecule has 10 heteroatoms. The molecule has 1 saturated heterocycles. The van der Waals surface area contributed by atoms with Crippen LogP contribution in [0.1, 0.15) is 66.6 Å². The van der Waals surface area contributed by atoms with Gasteiger partial charge in [0.1, 0.15) is 12.2 Å². The molecule has 2 amide bonds. The second-order valence-corrected chi connectivity index (χ2v) is 9.23. The minimum Gasteiger partial charge on any atom is -0.343 e. The average Bonchev–Trinajstić information content (AvgIpc) is 3.52. The van der Waals surface area contributed by atoms with E-state index in [-0.39, 0.29) is 30.9 Å². The van der Waals surface area contributed by atoms with Crippen molar-refractivity contribution in [3.05, 3.63) is 82.7 Å². The molecular weight excluding hydrogens is 471 g/mol. The van der Waals surface area contributed by atoms with E-state index >= 15 is 0 Å². The molecular formula is C26H28F3N5O2. The van der Waals surface area contributed by atoms with Crippen molar-refractivity contribution in [2.75, 3.05) is 6.54 Å². The Bertz CT molecular complexity index is 1190. The minimum atomic E-state index is -2.68. The van der Waals surface area contributed by atoms with Crippen LogP contribution in [0.4, 0.5) is 13.2 Å². The molecule has 1 unspecified atom stereocenters. The standard InChI is InChI=1S/C26H28F3N5O2/c1-15(2)20-9-8-17(10-21(20)25(28)29)24(16-6-4-3-5-7-16)31-26(36)22-11-18(27)14-34(22)23(35)12-19-13-30-33-32-19/h3-10,13,15,18,22,24-25H,11-12,14H2,1-2H3,(H,31,36)(H,30,32,33)/t18-,22+,24?/m1/s1. The number of aromatic amines is 1. The maximum Gasteiger partial charge on any atom is 0.264 e. The Morgan fingerprint density at radius 3 is 2.50 bits per heavy atom. The number of benzene rings is 2. The van der Waals surface area contributed by atoms with Crippen LogP contribution in [0, 0.1) is 0 Å². The molecule has 0 bridgehead atoms. The molecule has 0 aliphatic carbocycles. The molecule has 2 heterocycles. The summed E-state index contributed by atoms with van der Waals surface area (Å²) in [6.07, 6.45) is -2.91. The van der Waals surface area contributed by atoms with E-state index in [1.807, 2.05) is 19.9 Å². The Morgan fingerprint density at radius 2 is 1.86 bits per heavy atom. The van der Waals surface area contributed by atoms with E-state index < -0.39 is 36.5 Å². The van der Waals surface area contributed by atoms with Crippen LogP contribution in [0.2, 0.25) is 0 Å². The van der Waals surface area contributed by atoms with Crippen molar-refractivity contribution in [2.45, 2.75) is 57.3 Å². The number of rotatable bonds is 8. The monoisotopic (exact) mass is 499 g/mol. The highest BCUT2D eigenvalue weighted by molar-refractivity contribution is 5.89. The molecule has 7 nitrogen and oxygen atoms in total. The Hall–Kier alpha value is -3.69. The fraction of sp³-hybridized carbons (Fsp3) is 0.385. The number of hydrogen-bond acceptors (Lipinski definition) is 4. The van der Waals surface area contributed by atoms with E-state index in [2.05, 4.69) is 20.7 Å². The van der Waals surface area contributed by atoms with Gasteiger partial charge in [0.2, 0.25) is 11.8 Å². The fourth-order valence-electron chi connectivity index (χ4n) is 4.61. The number of carbonyl (C=O) groups excluding carboxylic acids is 2. The quantitative estimate of drug-likeness (QED) is 0.485. The van der Waals surface area contributed by atoms with Gasteiger partial charge in [-0.3, -0.25) is 9.59 Å². The molecule has 3 atom stereocenters. The molecule has 190 valence electrons. The highest BCUT2D eigenvalue weighted by Crippen LogP contribution is 2.33. The van der Waals surface area contributed by atoms with Gasteiger partial charge in [0, 0.05) is 12.0 Å². The number of nitrogens with zero attached hydrogens (tertiary/aromatic N) is 3. The summed E-state index contributed by atoms with van der Waals surface area (Å²) in [6.45, 7) is 3.48. The molecule has 0 saturated carbocycles. The van der Waals surface area contributed by atoms with E-state index in [1.54, 1.807) is 36.4 Å². The Labute approximate surface area is 207 Å². The van der Waals surface area contributed by atoms with Crippen LogP contribution in [0.3, 0.4) is 0 Å². The first-order valence-electron chi connectivity index (χ1n) is 11.8. The third-order valence-electron chi connectivity index (χ3n) is 6.39. The fourth-order valence-corrected chi connectivity index (χ4v) is 4.61. The number of aromatic nitrogens is 3. The van der Waals surface area contributed by atoms with E-state index in [4.69, 9.17) is 0 Å². The largest absolute Gasteiger partial charge is 0.343 e. The molecule has 1 fully saturated rings. The summed E-state index contributed by atoms with van der Waals surface area (Å²) >= 11 is 0. The molecule has 1 aliphatic rings. The van der Waals surface area contributed by atoms with Crippen molar-refractivity contribution in [3.8, 4) is 0 Å². The summed E-state index contributed by atoms with van der Waals surface area (Å²) in [5, 5.41) is 12.8. The first-order valence-corrected chi connectivity index (χ1v) is 11.8. The van der Waals surface area contributed by atoms with Gasteiger partial charge in [-0.2, -0.15) is 15.4 Å². The van der Waals surface area contributed by atoms with Gasteiger partial charge in [0.25, 0.3) is 6.43 Å². The van der Waals surface area contributed by atoms with Gasteiger partial charge < -0.3 is 10.2 Å². The molecule has 0 radical (unpaired) electrons. The van der Waals surface area contributed by atoms with Crippen molar-refractivity contribution in [1.82, 2.24) is 25.6 Å². The summed E-state index contributed by atoms with van der Waals surface area (Å²) in [7, 11) is 0. The highest BCUT2D eigenvalue weighted by atomic mass is 19.3. The van der Waals surface area contributed by atoms with Gasteiger partial charge in [-0.15, -0.1) is 0 Å². The summed E-state index contributed by atoms with van der Waals surface area (Å²) < 4.78 is 42.2. The number of H-pyrrole nitrogens is 1. The van der Waals surface area contributed by atoms with Crippen molar-refractivity contribution in [3.63, 3.8) is 0 Å². The maximum atomic E-state index is 14.4. The Morgan fingerprint density at radius 1 is 1.11 bits per heavy atom. The third-order valence-corrected chi connectivity index (χ3v) is 6.39. The summed E-state index contributed by atoms with van der Waals surface area (Å²) in [6, 6.07) is 11.9. The Balaban J connectivity index is 1.62. The molecule has 2 aromatic carbocycles. The number of halogens is 3. The van der Waals surface area contributed by atoms with Crippen LogP contribution >= 0.6 is 0 Å². The van der Waals surface area contributed by atoms with Gasteiger partial charge in [0.05, 0.1) is 30.9 Å². The number of nitrogens with one attached hydrogen (secondary N) is 2. The van der Waals surface area contributed by atoms with Gasteiger partial charge in [-0.1, -0.05) is 56.3 Å². The predicted molar refractivity (Wildman–Crippen MR) is 127 cm³/mol. The van der Waals surface area contributed by atoms with Crippen LogP contribution < -0.4 is 5.32 Å². The zero-order valence-corrected chi connectivity index (χ0v) is 20.0. The number of amides is 2. The molecule has 1 aromatic heterocycles. The summed E-state index contributed by atoms with van der Waals surface area (Å²) in [5.41, 5.74) is 1.98. The van der Waals surface area contributed by atoms with Crippen LogP contribution in [0.5, 0.6) is 0 Å². The lowest BCUT2D eigenvalue weighted by Gasteiger charge is -2.27. The minimum absolute atomic E-state index is 0.0909. The van der Waals surface area contributed by atoms with Crippen molar-refractivity contribution >= 4 is 11.8 Å². The van der Waals surface area contributed by atoms with Crippen molar-refractivity contribution in [1.29, 1.82) is 0 Å². The number of carbonyl (C=O) groups is 2. The maximum absolute atomic E-state index is 14.4. The summed E-state index contributed by atoms with van der Waals surface area (Å²) in [5.74, 6) is -1.09. The topological polar surface area (TPSA) is 91.0 Å². The third kappa shape index (κ3) is 5.58. The molecule has 4 rings (SSSR count). The van der Waals surface area contributed by atoms with E-state index in [1.165, 1.54) is 17.2 Å². The molecule has 36 heavy (non-hydrogen) atoms. The van der Waals surface area contributed by atoms with E-state index in [9.17, 15) is 22.8 Å². The molecule has 2 N–H and O–H groups in total. The van der Waals surface area contributed by atoms with Crippen LogP contribution in [0.15, 0.2) is 54.7 Å². The number of alkyl halides is 3. The van der Waals surface area contributed by atoms with Gasteiger partial charge in [0.15, 0.2) is 0 Å². The van der Waals surface area contributed by atoms with Gasteiger partial charge >= 0.3 is 0 Å². The van der Waals surface area contributed by atoms with E-state index in [0.717, 1.165) is 0 Å². The normalized spacial score (nSPS) is 18.6. The molecule has 3 aromatic rings. The molecule has 0 spiro atoms. The van der Waals surface area contributed by atoms with Crippen LogP contribution in [0.25, 0.3) is 0 Å². The second-order valence-electron chi connectivity index (χ2n) is 9.23. The predicted octanol–water partition coefficient (Wildman–Crippen LogP) is 4.25. The summed E-state index contributed by atoms with van der Waals surface area (Å²) in [4.78, 5) is 27.5. The first-order chi connectivity index (χ1) is 17.2. The van der Waals surface area contributed by atoms with Gasteiger partial charge in [-0.05, 0) is 28.7 Å². The van der Waals surface area contributed by atoms with Gasteiger partial charge in [-0.25, -0.2) is 13.2 Å². The SMILES string of the molecule is CC(C)c1ccc(C(NC(=O)[C@@H]2C[C@@H](F)CN2C(=O)Cc2cn[nH]n2)c2ccccc2)cc1C(F)F.